The van der Waals surface area contributed by atoms with Gasteiger partial charge in [-0.2, -0.15) is 0 Å². The molecule has 0 saturated heterocycles. The quantitative estimate of drug-likeness (QED) is 0.669. The lowest BCUT2D eigenvalue weighted by molar-refractivity contribution is 0.112. The summed E-state index contributed by atoms with van der Waals surface area (Å²) in [6.45, 7) is 0. The van der Waals surface area contributed by atoms with Gasteiger partial charge in [-0.3, -0.25) is 9.78 Å². The van der Waals surface area contributed by atoms with Crippen molar-refractivity contribution in [1.29, 1.82) is 0 Å². The number of halogens is 1. The first-order valence-corrected chi connectivity index (χ1v) is 4.26. The third-order valence-corrected chi connectivity index (χ3v) is 2.08. The van der Waals surface area contributed by atoms with Crippen molar-refractivity contribution in [2.75, 3.05) is 0 Å². The minimum absolute atomic E-state index is 0.152. The molecule has 1 heterocycles. The molecule has 0 aliphatic heterocycles. The topological polar surface area (TPSA) is 30.0 Å². The zero-order chi connectivity index (χ0) is 9.97. The number of hydrogen-bond acceptors (Lipinski definition) is 2. The average Bonchev–Trinajstić information content (AvgIpc) is 2.65. The van der Waals surface area contributed by atoms with Crippen molar-refractivity contribution < 1.29 is 9.18 Å². The van der Waals surface area contributed by atoms with Crippen LogP contribution in [0, 0.1) is 0 Å². The van der Waals surface area contributed by atoms with Crippen molar-refractivity contribution in [3.63, 3.8) is 0 Å². The molecule has 1 aliphatic rings. The molecule has 0 atom stereocenters. The second-order valence-electron chi connectivity index (χ2n) is 3.08. The van der Waals surface area contributed by atoms with Gasteiger partial charge in [-0.05, 0) is 23.8 Å². The van der Waals surface area contributed by atoms with E-state index in [9.17, 15) is 9.18 Å². The molecule has 14 heavy (non-hydrogen) atoms. The third-order valence-electron chi connectivity index (χ3n) is 2.08. The number of pyridine rings is 1. The molecule has 3 heteroatoms. The Bertz CT molecular complexity index is 417. The Kier molecular flexibility index (Phi) is 2.23. The molecule has 0 aromatic carbocycles. The molecule has 0 fully saturated rings. The van der Waals surface area contributed by atoms with Gasteiger partial charge in [0.05, 0.1) is 5.69 Å². The Balaban J connectivity index is 2.23. The number of aldehydes is 1. The average molecular weight is 189 g/mol. The van der Waals surface area contributed by atoms with Crippen LogP contribution >= 0.6 is 0 Å². The van der Waals surface area contributed by atoms with E-state index in [1.54, 1.807) is 18.2 Å². The molecule has 0 spiro atoms. The summed E-state index contributed by atoms with van der Waals surface area (Å²) < 4.78 is 12.7. The summed E-state index contributed by atoms with van der Waals surface area (Å²) in [4.78, 5) is 14.4. The van der Waals surface area contributed by atoms with E-state index in [0.29, 0.717) is 12.0 Å². The summed E-state index contributed by atoms with van der Waals surface area (Å²) in [6.07, 6.45) is 5.66. The van der Waals surface area contributed by atoms with Crippen molar-refractivity contribution in [3.05, 3.63) is 47.6 Å². The summed E-state index contributed by atoms with van der Waals surface area (Å²) in [5.41, 5.74) is 2.10. The summed E-state index contributed by atoms with van der Waals surface area (Å²) >= 11 is 0. The van der Waals surface area contributed by atoms with Crippen molar-refractivity contribution in [2.24, 2.45) is 0 Å². The van der Waals surface area contributed by atoms with Crippen LogP contribution in [0.15, 0.2) is 36.3 Å². The summed E-state index contributed by atoms with van der Waals surface area (Å²) in [5, 5.41) is 0. The Morgan fingerprint density at radius 1 is 1.36 bits per heavy atom. The van der Waals surface area contributed by atoms with Gasteiger partial charge in [-0.25, -0.2) is 4.39 Å². The minimum Gasteiger partial charge on any atom is -0.298 e. The van der Waals surface area contributed by atoms with Gasteiger partial charge in [-0.15, -0.1) is 0 Å². The van der Waals surface area contributed by atoms with Crippen LogP contribution in [0.4, 0.5) is 4.39 Å². The molecule has 0 unspecified atom stereocenters. The number of aromatic nitrogens is 1. The lowest BCUT2D eigenvalue weighted by atomic mass is 10.1. The highest BCUT2D eigenvalue weighted by Crippen LogP contribution is 2.27. The standard InChI is InChI=1S/C11H8FNO/c12-10-3-2-9(5-10)11-4-1-8(7-14)6-13-11/h1-4,6-7H,5H2. The van der Waals surface area contributed by atoms with Gasteiger partial charge in [0.25, 0.3) is 0 Å². The Hall–Kier alpha value is -1.77. The monoisotopic (exact) mass is 189 g/mol. The molecule has 2 rings (SSSR count). The molecule has 1 aromatic heterocycles. The minimum atomic E-state index is -0.152. The van der Waals surface area contributed by atoms with Crippen LogP contribution in [0.25, 0.3) is 5.57 Å². The predicted octanol–water partition coefficient (Wildman–Crippen LogP) is 2.53. The van der Waals surface area contributed by atoms with Crippen molar-refractivity contribution in [2.45, 2.75) is 6.42 Å². The lowest BCUT2D eigenvalue weighted by Crippen LogP contribution is -1.89. The van der Waals surface area contributed by atoms with Crippen LogP contribution < -0.4 is 0 Å². The number of allylic oxidation sites excluding steroid dienone is 4. The van der Waals surface area contributed by atoms with E-state index in [2.05, 4.69) is 4.98 Å². The van der Waals surface area contributed by atoms with E-state index >= 15 is 0 Å². The number of hydrogen-bond donors (Lipinski definition) is 0. The molecular formula is C11H8FNO. The second-order valence-corrected chi connectivity index (χ2v) is 3.08. The van der Waals surface area contributed by atoms with E-state index in [1.165, 1.54) is 12.3 Å². The van der Waals surface area contributed by atoms with Crippen molar-refractivity contribution >= 4 is 11.9 Å². The van der Waals surface area contributed by atoms with Gasteiger partial charge < -0.3 is 0 Å². The number of rotatable bonds is 2. The smallest absolute Gasteiger partial charge is 0.151 e. The number of carbonyl (C=O) groups excluding carboxylic acids is 1. The predicted molar refractivity (Wildman–Crippen MR) is 51.4 cm³/mol. The van der Waals surface area contributed by atoms with Crippen LogP contribution in [-0.4, -0.2) is 11.3 Å². The van der Waals surface area contributed by atoms with Crippen LogP contribution in [0.2, 0.25) is 0 Å². The van der Waals surface area contributed by atoms with Crippen LogP contribution in [0.3, 0.4) is 0 Å². The molecule has 0 amide bonds. The van der Waals surface area contributed by atoms with E-state index in [4.69, 9.17) is 0 Å². The highest BCUT2D eigenvalue weighted by Gasteiger charge is 2.10. The first-order valence-electron chi connectivity index (χ1n) is 4.26. The summed E-state index contributed by atoms with van der Waals surface area (Å²) in [5.74, 6) is -0.152. The zero-order valence-electron chi connectivity index (χ0n) is 7.40. The SMILES string of the molecule is O=Cc1ccc(C2=CC=C(F)C2)nc1. The van der Waals surface area contributed by atoms with Gasteiger partial charge in [0.1, 0.15) is 5.83 Å². The van der Waals surface area contributed by atoms with Gasteiger partial charge in [0.2, 0.25) is 0 Å². The first-order chi connectivity index (χ1) is 6.79. The van der Waals surface area contributed by atoms with E-state index in [0.717, 1.165) is 17.6 Å². The van der Waals surface area contributed by atoms with Crippen LogP contribution in [-0.2, 0) is 0 Å². The molecule has 1 aromatic rings. The summed E-state index contributed by atoms with van der Waals surface area (Å²) in [7, 11) is 0. The van der Waals surface area contributed by atoms with Gasteiger partial charge in [-0.1, -0.05) is 6.08 Å². The number of nitrogens with zero attached hydrogens (tertiary/aromatic N) is 1. The number of carbonyl (C=O) groups is 1. The maximum absolute atomic E-state index is 12.7. The highest BCUT2D eigenvalue weighted by molar-refractivity contribution is 5.76. The van der Waals surface area contributed by atoms with Crippen molar-refractivity contribution in [1.82, 2.24) is 4.98 Å². The van der Waals surface area contributed by atoms with Gasteiger partial charge in [0.15, 0.2) is 6.29 Å². The Morgan fingerprint density at radius 2 is 2.21 bits per heavy atom. The van der Waals surface area contributed by atoms with Crippen molar-refractivity contribution in [3.8, 4) is 0 Å². The molecule has 0 bridgehead atoms. The molecular weight excluding hydrogens is 181 g/mol. The fourth-order valence-corrected chi connectivity index (χ4v) is 1.33. The van der Waals surface area contributed by atoms with Gasteiger partial charge in [0, 0.05) is 18.2 Å². The molecule has 0 saturated carbocycles. The van der Waals surface area contributed by atoms with Crippen LogP contribution in [0.1, 0.15) is 22.5 Å². The summed E-state index contributed by atoms with van der Waals surface area (Å²) in [6, 6.07) is 3.40. The molecule has 2 nitrogen and oxygen atoms in total. The van der Waals surface area contributed by atoms with E-state index in [1.807, 2.05) is 0 Å². The highest BCUT2D eigenvalue weighted by atomic mass is 19.1. The maximum Gasteiger partial charge on any atom is 0.151 e. The Labute approximate surface area is 80.8 Å². The molecule has 70 valence electrons. The van der Waals surface area contributed by atoms with E-state index in [-0.39, 0.29) is 5.83 Å². The normalized spacial score (nSPS) is 14.9. The van der Waals surface area contributed by atoms with Gasteiger partial charge >= 0.3 is 0 Å². The molecule has 0 N–H and O–H groups in total. The molecule has 1 aliphatic carbocycles. The third kappa shape index (κ3) is 1.62. The lowest BCUT2D eigenvalue weighted by Gasteiger charge is -2.00. The first kappa shape index (κ1) is 8.81. The maximum atomic E-state index is 12.7. The molecule has 0 radical (unpaired) electrons. The van der Waals surface area contributed by atoms with E-state index < -0.39 is 0 Å². The fourth-order valence-electron chi connectivity index (χ4n) is 1.33. The fraction of sp³-hybridized carbons (Fsp3) is 0.0909. The van der Waals surface area contributed by atoms with Crippen LogP contribution in [0.5, 0.6) is 0 Å². The second kappa shape index (κ2) is 3.54. The Morgan fingerprint density at radius 3 is 2.71 bits per heavy atom. The largest absolute Gasteiger partial charge is 0.298 e. The zero-order valence-corrected chi connectivity index (χ0v) is 7.40.